The summed E-state index contributed by atoms with van der Waals surface area (Å²) in [5.41, 5.74) is 1.76. The van der Waals surface area contributed by atoms with Gasteiger partial charge in [0.15, 0.2) is 0 Å². The Balaban J connectivity index is 2.32. The molecule has 0 saturated carbocycles. The molecule has 0 aliphatic carbocycles. The van der Waals surface area contributed by atoms with Crippen LogP contribution in [0.1, 0.15) is 0 Å². The van der Waals surface area contributed by atoms with E-state index in [4.69, 9.17) is 0 Å². The van der Waals surface area contributed by atoms with Crippen molar-refractivity contribution in [1.82, 2.24) is 0 Å². The maximum absolute atomic E-state index is 3.71. The number of hydrogen-bond acceptors (Lipinski definition) is 2. The van der Waals surface area contributed by atoms with Crippen molar-refractivity contribution in [3.05, 3.63) is 6.54 Å². The van der Waals surface area contributed by atoms with Crippen LogP contribution in [-0.2, 0) is 0 Å². The molecule has 0 fully saturated rings. The molecule has 1 nitrogen and oxygen atoms in total. The number of halogens is 1. The fourth-order valence-corrected chi connectivity index (χ4v) is 0.961. The van der Waals surface area contributed by atoms with E-state index in [9.17, 15) is 0 Å². The topological polar surface area (TPSA) is 12.4 Å². The Morgan fingerprint density at radius 1 is 2.00 bits per heavy atom. The molecule has 0 amide bonds. The Kier molecular flexibility index (Phi) is 1.54. The van der Waals surface area contributed by atoms with Gasteiger partial charge in [-0.1, -0.05) is 27.7 Å². The van der Waals surface area contributed by atoms with Crippen LogP contribution in [0.3, 0.4) is 0 Å². The summed E-state index contributed by atoms with van der Waals surface area (Å²) in [5.74, 6) is 0. The summed E-state index contributed by atoms with van der Waals surface area (Å²) in [7, 11) is 0. The van der Waals surface area contributed by atoms with Crippen LogP contribution in [-0.4, -0.2) is 9.71 Å². The van der Waals surface area contributed by atoms with Crippen LogP contribution < -0.4 is 0 Å². The molecular weight excluding hydrogens is 162 g/mol. The molecule has 1 aliphatic heterocycles. The van der Waals surface area contributed by atoms with Crippen molar-refractivity contribution in [3.8, 4) is 0 Å². The molecule has 0 aromatic heterocycles. The maximum atomic E-state index is 3.71. The van der Waals surface area contributed by atoms with Crippen LogP contribution in [0.4, 0.5) is 0 Å². The zero-order valence-electron chi connectivity index (χ0n) is 2.89. The molecule has 32 valence electrons. The van der Waals surface area contributed by atoms with Gasteiger partial charge in [-0.2, -0.15) is 0 Å². The van der Waals surface area contributed by atoms with E-state index >= 15 is 0 Å². The zero-order chi connectivity index (χ0) is 4.41. The van der Waals surface area contributed by atoms with Crippen LogP contribution in [0.15, 0.2) is 4.99 Å². The van der Waals surface area contributed by atoms with Gasteiger partial charge in [0, 0.05) is 0 Å². The average molecular weight is 164 g/mol. The molecule has 0 aromatic rings. The average Bonchev–Trinajstić information content (AvgIpc) is 1.86. The van der Waals surface area contributed by atoms with Crippen molar-refractivity contribution in [2.24, 2.45) is 4.99 Å². The molecule has 3 heteroatoms. The van der Waals surface area contributed by atoms with E-state index in [-0.39, 0.29) is 0 Å². The second-order valence-electron chi connectivity index (χ2n) is 0.816. The minimum atomic E-state index is 0.303. The van der Waals surface area contributed by atoms with Crippen molar-refractivity contribution >= 4 is 33.2 Å². The molecule has 0 spiro atoms. The fourth-order valence-electron chi connectivity index (χ4n) is 0.203. The van der Waals surface area contributed by atoms with Crippen molar-refractivity contribution < 1.29 is 0 Å². The standard InChI is InChI=1S/C3H2BrNS/c4-3-1-5-2-6-3/h2-3H. The summed E-state index contributed by atoms with van der Waals surface area (Å²) in [6.45, 7) is 2.77. The smallest absolute Gasteiger partial charge is 0.142 e. The van der Waals surface area contributed by atoms with E-state index in [1.807, 2.05) is 0 Å². The first kappa shape index (κ1) is 4.65. The first-order valence-electron chi connectivity index (χ1n) is 1.46. The molecule has 0 saturated heterocycles. The highest BCUT2D eigenvalue weighted by atomic mass is 79.9. The van der Waals surface area contributed by atoms with Gasteiger partial charge in [-0.15, -0.1) is 0 Å². The molecule has 1 heterocycles. The highest BCUT2D eigenvalue weighted by molar-refractivity contribution is 9.11. The highest BCUT2D eigenvalue weighted by Crippen LogP contribution is 2.23. The third kappa shape index (κ3) is 0.980. The molecule has 1 rings (SSSR count). The third-order valence-electron chi connectivity index (χ3n) is 0.409. The van der Waals surface area contributed by atoms with E-state index in [0.717, 1.165) is 0 Å². The second kappa shape index (κ2) is 1.98. The largest absolute Gasteiger partial charge is 0.272 e. The Hall–Kier alpha value is 0.500. The van der Waals surface area contributed by atoms with E-state index in [0.29, 0.717) is 4.16 Å². The van der Waals surface area contributed by atoms with Gasteiger partial charge in [0.05, 0.1) is 9.71 Å². The van der Waals surface area contributed by atoms with Crippen LogP contribution in [0.25, 0.3) is 0 Å². The lowest BCUT2D eigenvalue weighted by atomic mass is 10.8. The number of thioether (sulfide) groups is 1. The normalized spacial score (nSPS) is 31.8. The molecule has 0 bridgehead atoms. The number of rotatable bonds is 0. The van der Waals surface area contributed by atoms with Gasteiger partial charge in [0.1, 0.15) is 6.54 Å². The highest BCUT2D eigenvalue weighted by Gasteiger charge is 2.06. The molecule has 6 heavy (non-hydrogen) atoms. The molecule has 0 N–H and O–H groups in total. The van der Waals surface area contributed by atoms with Crippen LogP contribution in [0.2, 0.25) is 0 Å². The fraction of sp³-hybridized carbons (Fsp3) is 0.333. The van der Waals surface area contributed by atoms with Crippen molar-refractivity contribution in [2.75, 3.05) is 0 Å². The lowest BCUT2D eigenvalue weighted by molar-refractivity contribution is 1.34. The summed E-state index contributed by atoms with van der Waals surface area (Å²) >= 11 is 4.88. The van der Waals surface area contributed by atoms with Crippen molar-refractivity contribution in [1.29, 1.82) is 0 Å². The minimum Gasteiger partial charge on any atom is -0.272 e. The number of hydrogen-bond donors (Lipinski definition) is 0. The van der Waals surface area contributed by atoms with Gasteiger partial charge in [-0.25, -0.2) is 0 Å². The lowest BCUT2D eigenvalue weighted by Crippen LogP contribution is -1.77. The van der Waals surface area contributed by atoms with Crippen LogP contribution in [0.5, 0.6) is 0 Å². The summed E-state index contributed by atoms with van der Waals surface area (Å²) in [6, 6.07) is 0. The predicted molar refractivity (Wildman–Crippen MR) is 32.0 cm³/mol. The number of nitrogens with zero attached hydrogens (tertiary/aromatic N) is 1. The molecular formula is C3H2BrNS. The van der Waals surface area contributed by atoms with Gasteiger partial charge in [0.25, 0.3) is 0 Å². The zero-order valence-corrected chi connectivity index (χ0v) is 5.29. The maximum Gasteiger partial charge on any atom is 0.142 e. The first-order valence-corrected chi connectivity index (χ1v) is 3.32. The molecule has 1 unspecified atom stereocenters. The SMILES string of the molecule is BrC1[C]N=CS1. The van der Waals surface area contributed by atoms with E-state index < -0.39 is 0 Å². The van der Waals surface area contributed by atoms with Crippen molar-refractivity contribution in [3.63, 3.8) is 0 Å². The Bertz CT molecular complexity index is 65.2. The summed E-state index contributed by atoms with van der Waals surface area (Å²) in [5, 5.41) is 0. The van der Waals surface area contributed by atoms with Gasteiger partial charge < -0.3 is 0 Å². The van der Waals surface area contributed by atoms with Crippen molar-refractivity contribution in [2.45, 2.75) is 4.16 Å². The van der Waals surface area contributed by atoms with Gasteiger partial charge in [-0.05, 0) is 0 Å². The quantitative estimate of drug-likeness (QED) is 0.494. The molecule has 0 aromatic carbocycles. The van der Waals surface area contributed by atoms with E-state index in [1.165, 1.54) is 0 Å². The molecule has 1 atom stereocenters. The molecule has 1 aliphatic rings. The van der Waals surface area contributed by atoms with E-state index in [1.54, 1.807) is 17.3 Å². The Morgan fingerprint density at radius 3 is 3.00 bits per heavy atom. The van der Waals surface area contributed by atoms with E-state index in [2.05, 4.69) is 27.5 Å². The minimum absolute atomic E-state index is 0.303. The van der Waals surface area contributed by atoms with Crippen LogP contribution in [0, 0.1) is 6.54 Å². The third-order valence-corrected chi connectivity index (χ3v) is 1.83. The summed E-state index contributed by atoms with van der Waals surface area (Å²) in [6.07, 6.45) is 0. The second-order valence-corrected chi connectivity index (χ2v) is 3.29. The summed E-state index contributed by atoms with van der Waals surface area (Å²) < 4.78 is 0.303. The van der Waals surface area contributed by atoms with Gasteiger partial charge >= 0.3 is 0 Å². The summed E-state index contributed by atoms with van der Waals surface area (Å²) in [4.78, 5) is 3.71. The number of alkyl halides is 1. The first-order chi connectivity index (χ1) is 2.89. The Labute approximate surface area is 49.3 Å². The van der Waals surface area contributed by atoms with Gasteiger partial charge in [0.2, 0.25) is 0 Å². The monoisotopic (exact) mass is 163 g/mol. The lowest BCUT2D eigenvalue weighted by Gasteiger charge is -1.84. The van der Waals surface area contributed by atoms with Crippen LogP contribution >= 0.6 is 27.7 Å². The van der Waals surface area contributed by atoms with Gasteiger partial charge in [-0.3, -0.25) is 4.99 Å². The number of aliphatic imine (C=N–C) groups is 1. The molecule has 2 radical (unpaired) electrons. The predicted octanol–water partition coefficient (Wildman–Crippen LogP) is 1.52. The Morgan fingerprint density at radius 2 is 2.83 bits per heavy atom.